The summed E-state index contributed by atoms with van der Waals surface area (Å²) in [4.78, 5) is 22.2. The van der Waals surface area contributed by atoms with Crippen LogP contribution in [0, 0.1) is 11.3 Å². The summed E-state index contributed by atoms with van der Waals surface area (Å²) in [6.45, 7) is 7.21. The smallest absolute Gasteiger partial charge is 0.260 e. The zero-order valence-corrected chi connectivity index (χ0v) is 19.0. The molecule has 0 bridgehead atoms. The number of anilines is 1. The van der Waals surface area contributed by atoms with Gasteiger partial charge in [-0.2, -0.15) is 5.26 Å². The van der Waals surface area contributed by atoms with E-state index in [0.717, 1.165) is 24.3 Å². The van der Waals surface area contributed by atoms with E-state index in [1.165, 1.54) is 11.3 Å². The Balaban J connectivity index is 2.04. The minimum Gasteiger partial charge on any atom is -0.495 e. The lowest BCUT2D eigenvalue weighted by Crippen LogP contribution is -2.38. The van der Waals surface area contributed by atoms with Crippen molar-refractivity contribution in [3.63, 3.8) is 0 Å². The van der Waals surface area contributed by atoms with Crippen LogP contribution in [0.3, 0.4) is 0 Å². The fourth-order valence-electron chi connectivity index (χ4n) is 3.30. The number of nitriles is 1. The summed E-state index contributed by atoms with van der Waals surface area (Å²) in [6.07, 6.45) is 0. The third-order valence-corrected chi connectivity index (χ3v) is 6.26. The summed E-state index contributed by atoms with van der Waals surface area (Å²) in [5, 5.41) is 9.63. The van der Waals surface area contributed by atoms with Gasteiger partial charge in [-0.05, 0) is 49.5 Å². The molecule has 8 heteroatoms. The number of rotatable bonds is 9. The first-order valence-corrected chi connectivity index (χ1v) is 10.9. The first-order chi connectivity index (χ1) is 15.1. The maximum absolute atomic E-state index is 13.4. The molecule has 0 aliphatic heterocycles. The average molecular weight is 439 g/mol. The highest BCUT2D eigenvalue weighted by Gasteiger charge is 2.24. The highest BCUT2D eigenvalue weighted by atomic mass is 32.1. The standard InChI is InChI=1S/C23H26N4O3S/c1-5-26(6-2)13-14-27(22(28)17-9-7-16(15-24)8-10-17)23-25-20-18(29-3)11-12-19(30-4)21(20)31-23/h7-12H,5-6,13-14H2,1-4H3. The van der Waals surface area contributed by atoms with Gasteiger partial charge in [0, 0.05) is 18.7 Å². The van der Waals surface area contributed by atoms with Crippen molar-refractivity contribution in [3.05, 3.63) is 47.5 Å². The summed E-state index contributed by atoms with van der Waals surface area (Å²) in [5.41, 5.74) is 1.69. The van der Waals surface area contributed by atoms with Crippen molar-refractivity contribution in [2.45, 2.75) is 13.8 Å². The zero-order valence-electron chi connectivity index (χ0n) is 18.2. The van der Waals surface area contributed by atoms with E-state index in [0.29, 0.717) is 39.8 Å². The summed E-state index contributed by atoms with van der Waals surface area (Å²) >= 11 is 1.40. The number of benzene rings is 2. The maximum atomic E-state index is 13.4. The number of likely N-dealkylation sites (N-methyl/N-ethyl adjacent to an activating group) is 1. The predicted molar refractivity (Wildman–Crippen MR) is 123 cm³/mol. The van der Waals surface area contributed by atoms with Gasteiger partial charge in [-0.3, -0.25) is 9.69 Å². The van der Waals surface area contributed by atoms with Crippen LogP contribution in [-0.2, 0) is 0 Å². The molecule has 2 aromatic carbocycles. The van der Waals surface area contributed by atoms with E-state index >= 15 is 0 Å². The normalized spacial score (nSPS) is 10.8. The Morgan fingerprint density at radius 1 is 1.03 bits per heavy atom. The molecule has 0 atom stereocenters. The van der Waals surface area contributed by atoms with E-state index in [4.69, 9.17) is 19.7 Å². The molecule has 0 radical (unpaired) electrons. The van der Waals surface area contributed by atoms with Crippen LogP contribution >= 0.6 is 11.3 Å². The highest BCUT2D eigenvalue weighted by molar-refractivity contribution is 7.22. The highest BCUT2D eigenvalue weighted by Crippen LogP contribution is 2.40. The van der Waals surface area contributed by atoms with E-state index < -0.39 is 0 Å². The van der Waals surface area contributed by atoms with Gasteiger partial charge in [0.15, 0.2) is 5.13 Å². The van der Waals surface area contributed by atoms with Crippen molar-refractivity contribution in [2.24, 2.45) is 0 Å². The minimum atomic E-state index is -0.159. The number of ether oxygens (including phenoxy) is 2. The number of methoxy groups -OCH3 is 2. The number of thiazole rings is 1. The molecule has 31 heavy (non-hydrogen) atoms. The lowest BCUT2D eigenvalue weighted by Gasteiger charge is -2.24. The van der Waals surface area contributed by atoms with E-state index in [9.17, 15) is 4.79 Å². The first-order valence-electron chi connectivity index (χ1n) is 10.1. The predicted octanol–water partition coefficient (Wildman–Crippen LogP) is 4.17. The van der Waals surface area contributed by atoms with Crippen LogP contribution in [-0.4, -0.2) is 56.2 Å². The lowest BCUT2D eigenvalue weighted by atomic mass is 10.1. The number of hydrogen-bond acceptors (Lipinski definition) is 7. The Morgan fingerprint density at radius 2 is 1.68 bits per heavy atom. The Bertz CT molecular complexity index is 1040. The molecular formula is C23H26N4O3S. The van der Waals surface area contributed by atoms with Crippen LogP contribution < -0.4 is 14.4 Å². The second-order valence-electron chi connectivity index (χ2n) is 6.82. The van der Waals surface area contributed by atoms with Crippen LogP contribution in [0.4, 0.5) is 5.13 Å². The molecule has 3 rings (SSSR count). The van der Waals surface area contributed by atoms with Gasteiger partial charge in [0.2, 0.25) is 0 Å². The van der Waals surface area contributed by atoms with Crippen molar-refractivity contribution in [1.82, 2.24) is 9.88 Å². The second-order valence-corrected chi connectivity index (χ2v) is 7.79. The number of carbonyl (C=O) groups is 1. The minimum absolute atomic E-state index is 0.159. The van der Waals surface area contributed by atoms with Crippen molar-refractivity contribution >= 4 is 32.6 Å². The molecule has 0 spiro atoms. The Kier molecular flexibility index (Phi) is 7.45. The van der Waals surface area contributed by atoms with E-state index in [2.05, 4.69) is 24.8 Å². The molecule has 0 N–H and O–H groups in total. The number of amides is 1. The molecule has 1 heterocycles. The van der Waals surface area contributed by atoms with Crippen LogP contribution in [0.2, 0.25) is 0 Å². The lowest BCUT2D eigenvalue weighted by molar-refractivity contribution is 0.0983. The van der Waals surface area contributed by atoms with Crippen molar-refractivity contribution in [2.75, 3.05) is 45.3 Å². The second kappa shape index (κ2) is 10.2. The van der Waals surface area contributed by atoms with Gasteiger partial charge in [0.1, 0.15) is 21.7 Å². The summed E-state index contributed by atoms with van der Waals surface area (Å²) in [5.74, 6) is 1.16. The van der Waals surface area contributed by atoms with Gasteiger partial charge in [-0.1, -0.05) is 25.2 Å². The maximum Gasteiger partial charge on any atom is 0.260 e. The SMILES string of the molecule is CCN(CC)CCN(C(=O)c1ccc(C#N)cc1)c1nc2c(OC)ccc(OC)c2s1. The summed E-state index contributed by atoms with van der Waals surface area (Å²) < 4.78 is 11.8. The third kappa shape index (κ3) is 4.79. The van der Waals surface area contributed by atoms with Gasteiger partial charge in [0.25, 0.3) is 5.91 Å². The van der Waals surface area contributed by atoms with Crippen LogP contribution in [0.1, 0.15) is 29.8 Å². The van der Waals surface area contributed by atoms with Crippen molar-refractivity contribution in [3.8, 4) is 17.6 Å². The van der Waals surface area contributed by atoms with Gasteiger partial charge < -0.3 is 14.4 Å². The quantitative estimate of drug-likeness (QED) is 0.499. The number of carbonyl (C=O) groups excluding carboxylic acids is 1. The molecule has 0 saturated carbocycles. The number of fused-ring (bicyclic) bond motifs is 1. The van der Waals surface area contributed by atoms with Crippen molar-refractivity contribution in [1.29, 1.82) is 5.26 Å². The van der Waals surface area contributed by atoms with E-state index in [-0.39, 0.29) is 5.91 Å². The Labute approximate surface area is 186 Å². The Hall–Kier alpha value is -3.15. The number of hydrogen-bond donors (Lipinski definition) is 0. The summed E-state index contributed by atoms with van der Waals surface area (Å²) in [7, 11) is 3.21. The molecule has 0 aliphatic carbocycles. The summed E-state index contributed by atoms with van der Waals surface area (Å²) in [6, 6.07) is 12.4. The fraction of sp³-hybridized carbons (Fsp3) is 0.348. The average Bonchev–Trinajstić information content (AvgIpc) is 3.26. The fourth-order valence-corrected chi connectivity index (χ4v) is 4.40. The molecule has 1 amide bonds. The van der Waals surface area contributed by atoms with Crippen LogP contribution in [0.15, 0.2) is 36.4 Å². The van der Waals surface area contributed by atoms with Gasteiger partial charge in [-0.15, -0.1) is 0 Å². The molecule has 3 aromatic rings. The molecule has 162 valence electrons. The van der Waals surface area contributed by atoms with Gasteiger partial charge in [-0.25, -0.2) is 4.98 Å². The largest absolute Gasteiger partial charge is 0.495 e. The van der Waals surface area contributed by atoms with E-state index in [1.807, 2.05) is 12.1 Å². The van der Waals surface area contributed by atoms with Crippen LogP contribution in [0.25, 0.3) is 10.2 Å². The van der Waals surface area contributed by atoms with Crippen LogP contribution in [0.5, 0.6) is 11.5 Å². The van der Waals surface area contributed by atoms with Crippen molar-refractivity contribution < 1.29 is 14.3 Å². The monoisotopic (exact) mass is 438 g/mol. The molecular weight excluding hydrogens is 412 g/mol. The van der Waals surface area contributed by atoms with Gasteiger partial charge in [0.05, 0.1) is 25.9 Å². The number of nitrogens with zero attached hydrogens (tertiary/aromatic N) is 4. The van der Waals surface area contributed by atoms with Gasteiger partial charge >= 0.3 is 0 Å². The molecule has 1 aromatic heterocycles. The zero-order chi connectivity index (χ0) is 22.4. The topological polar surface area (TPSA) is 78.7 Å². The molecule has 0 unspecified atom stereocenters. The molecule has 0 fully saturated rings. The van der Waals surface area contributed by atoms with E-state index in [1.54, 1.807) is 43.4 Å². The third-order valence-electron chi connectivity index (χ3n) is 5.17. The Morgan fingerprint density at radius 3 is 2.26 bits per heavy atom. The number of aromatic nitrogens is 1. The molecule has 0 saturated heterocycles. The molecule has 0 aliphatic rings. The molecule has 7 nitrogen and oxygen atoms in total. The first kappa shape index (κ1) is 22.5.